The minimum Gasteiger partial charge on any atom is -0.353 e. The molecule has 1 aliphatic heterocycles. The molecule has 1 saturated heterocycles. The summed E-state index contributed by atoms with van der Waals surface area (Å²) in [6.07, 6.45) is -3.10. The van der Waals surface area contributed by atoms with Crippen LogP contribution in [0.2, 0.25) is 10.0 Å². The van der Waals surface area contributed by atoms with Crippen molar-refractivity contribution < 1.29 is 18.0 Å². The third-order valence-corrected chi connectivity index (χ3v) is 4.57. The van der Waals surface area contributed by atoms with Crippen LogP contribution >= 0.6 is 23.2 Å². The van der Waals surface area contributed by atoms with Crippen molar-refractivity contribution in [3.63, 3.8) is 0 Å². The molecule has 1 fully saturated rings. The lowest BCUT2D eigenvalue weighted by Crippen LogP contribution is -2.37. The van der Waals surface area contributed by atoms with Gasteiger partial charge in [0.15, 0.2) is 0 Å². The third kappa shape index (κ3) is 4.22. The SMILES string of the molecule is O=C(NC1CCN(c2ncc(C(F)(F)F)cc2Cl)C1)c1cccc(Cl)c1. The second-order valence-corrected chi connectivity index (χ2v) is 6.79. The number of hydrogen-bond acceptors (Lipinski definition) is 3. The quantitative estimate of drug-likeness (QED) is 0.824. The zero-order valence-corrected chi connectivity index (χ0v) is 14.9. The number of pyridine rings is 1. The molecule has 0 spiro atoms. The van der Waals surface area contributed by atoms with Gasteiger partial charge in [-0.3, -0.25) is 4.79 Å². The zero-order valence-electron chi connectivity index (χ0n) is 13.4. The predicted octanol–water partition coefficient (Wildman–Crippen LogP) is 4.42. The van der Waals surface area contributed by atoms with Gasteiger partial charge in [0.25, 0.3) is 5.91 Å². The van der Waals surface area contributed by atoms with Crippen LogP contribution < -0.4 is 10.2 Å². The summed E-state index contributed by atoms with van der Waals surface area (Å²) in [5, 5.41) is 3.28. The van der Waals surface area contributed by atoms with Gasteiger partial charge in [-0.05, 0) is 30.7 Å². The summed E-state index contributed by atoms with van der Waals surface area (Å²) in [6.45, 7) is 0.933. The zero-order chi connectivity index (χ0) is 18.9. The molecule has 26 heavy (non-hydrogen) atoms. The Kier molecular flexibility index (Phi) is 5.29. The van der Waals surface area contributed by atoms with E-state index < -0.39 is 11.7 Å². The number of amides is 1. The smallest absolute Gasteiger partial charge is 0.353 e. The number of anilines is 1. The van der Waals surface area contributed by atoms with Crippen molar-refractivity contribution in [2.45, 2.75) is 18.6 Å². The van der Waals surface area contributed by atoms with E-state index in [1.165, 1.54) is 0 Å². The second kappa shape index (κ2) is 7.32. The van der Waals surface area contributed by atoms with E-state index in [2.05, 4.69) is 10.3 Å². The maximum absolute atomic E-state index is 12.7. The van der Waals surface area contributed by atoms with Crippen molar-refractivity contribution in [3.05, 3.63) is 57.7 Å². The molecule has 1 aromatic heterocycles. The molecule has 1 unspecified atom stereocenters. The van der Waals surface area contributed by atoms with Gasteiger partial charge >= 0.3 is 6.18 Å². The molecule has 2 aromatic rings. The molecule has 1 atom stereocenters. The number of alkyl halides is 3. The van der Waals surface area contributed by atoms with Crippen LogP contribution in [0.25, 0.3) is 0 Å². The fraction of sp³-hybridized carbons (Fsp3) is 0.294. The van der Waals surface area contributed by atoms with Crippen molar-refractivity contribution in [1.82, 2.24) is 10.3 Å². The number of benzene rings is 1. The summed E-state index contributed by atoms with van der Waals surface area (Å²) >= 11 is 11.9. The first kappa shape index (κ1) is 18.8. The maximum atomic E-state index is 12.7. The summed E-state index contributed by atoms with van der Waals surface area (Å²) in [5.41, 5.74) is -0.446. The van der Waals surface area contributed by atoms with Crippen LogP contribution in [0, 0.1) is 0 Å². The summed E-state index contributed by atoms with van der Waals surface area (Å²) < 4.78 is 38.1. The number of carbonyl (C=O) groups is 1. The van der Waals surface area contributed by atoms with Crippen LogP contribution in [0.1, 0.15) is 22.3 Å². The Labute approximate surface area is 157 Å². The van der Waals surface area contributed by atoms with Crippen molar-refractivity contribution in [1.29, 1.82) is 0 Å². The summed E-state index contributed by atoms with van der Waals surface area (Å²) in [5.74, 6) is 0.0185. The molecular weight excluding hydrogens is 390 g/mol. The van der Waals surface area contributed by atoms with Crippen LogP contribution in [0.4, 0.5) is 19.0 Å². The highest BCUT2D eigenvalue weighted by Crippen LogP contribution is 2.34. The van der Waals surface area contributed by atoms with Crippen molar-refractivity contribution >= 4 is 34.9 Å². The maximum Gasteiger partial charge on any atom is 0.417 e. The predicted molar refractivity (Wildman–Crippen MR) is 93.8 cm³/mol. The normalized spacial score (nSPS) is 17.4. The molecule has 0 radical (unpaired) electrons. The van der Waals surface area contributed by atoms with Gasteiger partial charge in [0.2, 0.25) is 0 Å². The van der Waals surface area contributed by atoms with Gasteiger partial charge in [-0.1, -0.05) is 29.3 Å². The average molecular weight is 404 g/mol. The second-order valence-electron chi connectivity index (χ2n) is 5.94. The third-order valence-electron chi connectivity index (χ3n) is 4.06. The Balaban J connectivity index is 1.66. The van der Waals surface area contributed by atoms with Crippen LogP contribution in [-0.2, 0) is 6.18 Å². The van der Waals surface area contributed by atoms with Gasteiger partial charge in [-0.2, -0.15) is 13.2 Å². The number of rotatable bonds is 3. The van der Waals surface area contributed by atoms with E-state index in [1.54, 1.807) is 29.2 Å². The minimum absolute atomic E-state index is 0.0679. The number of aromatic nitrogens is 1. The average Bonchev–Trinajstić information content (AvgIpc) is 3.02. The van der Waals surface area contributed by atoms with Crippen LogP contribution in [-0.4, -0.2) is 30.0 Å². The van der Waals surface area contributed by atoms with Crippen LogP contribution in [0.3, 0.4) is 0 Å². The molecule has 1 amide bonds. The lowest BCUT2D eigenvalue weighted by Gasteiger charge is -2.20. The van der Waals surface area contributed by atoms with E-state index >= 15 is 0 Å². The fourth-order valence-electron chi connectivity index (χ4n) is 2.79. The molecular formula is C17H14Cl2F3N3O. The first-order valence-corrected chi connectivity index (χ1v) is 8.54. The van der Waals surface area contributed by atoms with E-state index in [0.717, 1.165) is 12.3 Å². The number of carbonyl (C=O) groups excluding carboxylic acids is 1. The van der Waals surface area contributed by atoms with Gasteiger partial charge in [0.05, 0.1) is 10.6 Å². The Hall–Kier alpha value is -1.99. The number of nitrogens with one attached hydrogen (secondary N) is 1. The fourth-order valence-corrected chi connectivity index (χ4v) is 3.26. The molecule has 4 nitrogen and oxygen atoms in total. The standard InChI is InChI=1S/C17H14Cl2F3N3O/c18-12-3-1-2-10(6-12)16(26)24-13-4-5-25(9-13)15-14(19)7-11(8-23-15)17(20,21)22/h1-3,6-8,13H,4-5,9H2,(H,24,26). The largest absolute Gasteiger partial charge is 0.417 e. The highest BCUT2D eigenvalue weighted by Gasteiger charge is 2.33. The molecule has 9 heteroatoms. The summed E-state index contributed by atoms with van der Waals surface area (Å²) in [7, 11) is 0. The first-order valence-electron chi connectivity index (χ1n) is 7.78. The monoisotopic (exact) mass is 403 g/mol. The topological polar surface area (TPSA) is 45.2 Å². The van der Waals surface area contributed by atoms with Crippen molar-refractivity contribution in [2.24, 2.45) is 0 Å². The Morgan fingerprint density at radius 1 is 1.27 bits per heavy atom. The highest BCUT2D eigenvalue weighted by molar-refractivity contribution is 6.33. The lowest BCUT2D eigenvalue weighted by molar-refractivity contribution is -0.137. The molecule has 138 valence electrons. The van der Waals surface area contributed by atoms with E-state index in [9.17, 15) is 18.0 Å². The Morgan fingerprint density at radius 2 is 2.04 bits per heavy atom. The van der Waals surface area contributed by atoms with Gasteiger partial charge in [0, 0.05) is 35.9 Å². The number of halogens is 5. The molecule has 1 N–H and O–H groups in total. The summed E-state index contributed by atoms with van der Waals surface area (Å²) in [6, 6.07) is 7.28. The van der Waals surface area contributed by atoms with Crippen LogP contribution in [0.15, 0.2) is 36.5 Å². The molecule has 3 rings (SSSR count). The van der Waals surface area contributed by atoms with Gasteiger partial charge < -0.3 is 10.2 Å². The lowest BCUT2D eigenvalue weighted by atomic mass is 10.2. The van der Waals surface area contributed by atoms with Gasteiger partial charge in [-0.15, -0.1) is 0 Å². The van der Waals surface area contributed by atoms with E-state index in [1.807, 2.05) is 0 Å². The molecule has 0 aliphatic carbocycles. The van der Waals surface area contributed by atoms with Crippen molar-refractivity contribution in [3.8, 4) is 0 Å². The van der Waals surface area contributed by atoms with Crippen LogP contribution in [0.5, 0.6) is 0 Å². The van der Waals surface area contributed by atoms with E-state index in [0.29, 0.717) is 30.1 Å². The molecule has 0 bridgehead atoms. The molecule has 2 heterocycles. The Morgan fingerprint density at radius 3 is 2.69 bits per heavy atom. The van der Waals surface area contributed by atoms with Crippen molar-refractivity contribution in [2.75, 3.05) is 18.0 Å². The molecule has 1 aliphatic rings. The summed E-state index contributed by atoms with van der Waals surface area (Å²) in [4.78, 5) is 17.9. The number of nitrogens with zero attached hydrogens (tertiary/aromatic N) is 2. The van der Waals surface area contributed by atoms with Gasteiger partial charge in [-0.25, -0.2) is 4.98 Å². The first-order chi connectivity index (χ1) is 12.2. The van der Waals surface area contributed by atoms with Gasteiger partial charge in [0.1, 0.15) is 5.82 Å². The molecule has 0 saturated carbocycles. The van der Waals surface area contributed by atoms with E-state index in [-0.39, 0.29) is 22.8 Å². The Bertz CT molecular complexity index is 829. The molecule has 1 aromatic carbocycles. The number of hydrogen-bond donors (Lipinski definition) is 1. The van der Waals surface area contributed by atoms with E-state index in [4.69, 9.17) is 23.2 Å². The highest BCUT2D eigenvalue weighted by atomic mass is 35.5. The minimum atomic E-state index is -4.49.